The molecule has 14 heavy (non-hydrogen) atoms. The number of aromatic nitrogens is 2. The van der Waals surface area contributed by atoms with Crippen LogP contribution in [-0.4, -0.2) is 22.2 Å². The molecule has 0 aliphatic heterocycles. The first-order valence-corrected chi connectivity index (χ1v) is 4.77. The van der Waals surface area contributed by atoms with Gasteiger partial charge in [-0.05, 0) is 20.8 Å². The van der Waals surface area contributed by atoms with Crippen LogP contribution in [0.25, 0.3) is 0 Å². The Morgan fingerprint density at radius 1 is 1.50 bits per heavy atom. The van der Waals surface area contributed by atoms with Gasteiger partial charge in [0.15, 0.2) is 0 Å². The summed E-state index contributed by atoms with van der Waals surface area (Å²) < 4.78 is 7.04. The van der Waals surface area contributed by atoms with Crippen molar-refractivity contribution in [1.82, 2.24) is 14.9 Å². The molecule has 0 saturated carbocycles. The second-order valence-corrected chi connectivity index (χ2v) is 4.33. The summed E-state index contributed by atoms with van der Waals surface area (Å²) in [5.74, 6) is 1.00. The summed E-state index contributed by atoms with van der Waals surface area (Å²) in [6.45, 7) is 7.73. The number of hydrogen-bond acceptors (Lipinski definition) is 3. The highest BCUT2D eigenvalue weighted by molar-refractivity contribution is 4.92. The molecule has 0 aliphatic rings. The third-order valence-corrected chi connectivity index (χ3v) is 1.85. The van der Waals surface area contributed by atoms with Gasteiger partial charge in [0.1, 0.15) is 12.6 Å². The molecule has 1 heterocycles. The van der Waals surface area contributed by atoms with Crippen LogP contribution in [0.2, 0.25) is 0 Å². The van der Waals surface area contributed by atoms with Gasteiger partial charge < -0.3 is 14.6 Å². The van der Waals surface area contributed by atoms with Gasteiger partial charge in [0, 0.05) is 25.0 Å². The molecule has 4 nitrogen and oxygen atoms in total. The predicted molar refractivity (Wildman–Crippen MR) is 55.8 cm³/mol. The molecule has 0 unspecified atom stereocenters. The van der Waals surface area contributed by atoms with Crippen LogP contribution in [0.3, 0.4) is 0 Å². The van der Waals surface area contributed by atoms with Crippen molar-refractivity contribution < 1.29 is 4.74 Å². The van der Waals surface area contributed by atoms with Crippen LogP contribution in [0, 0.1) is 0 Å². The van der Waals surface area contributed by atoms with Crippen molar-refractivity contribution in [3.8, 4) is 0 Å². The molecule has 1 aromatic rings. The lowest BCUT2D eigenvalue weighted by atomic mass is 10.1. The summed E-state index contributed by atoms with van der Waals surface area (Å²) in [5, 5.41) is 3.38. The molecule has 0 bridgehead atoms. The maximum Gasteiger partial charge on any atom is 0.124 e. The first-order valence-electron chi connectivity index (χ1n) is 4.77. The van der Waals surface area contributed by atoms with E-state index in [1.54, 1.807) is 13.3 Å². The Morgan fingerprint density at radius 3 is 2.79 bits per heavy atom. The maximum atomic E-state index is 5.05. The van der Waals surface area contributed by atoms with Gasteiger partial charge in [-0.15, -0.1) is 0 Å². The highest BCUT2D eigenvalue weighted by Crippen LogP contribution is 2.03. The number of rotatable bonds is 4. The summed E-state index contributed by atoms with van der Waals surface area (Å²) in [7, 11) is 1.68. The molecule has 0 amide bonds. The molecule has 4 heteroatoms. The molecular weight excluding hydrogens is 178 g/mol. The molecule has 0 aromatic carbocycles. The molecule has 1 rings (SSSR count). The highest BCUT2D eigenvalue weighted by Gasteiger charge is 2.10. The average Bonchev–Trinajstić information content (AvgIpc) is 2.48. The topological polar surface area (TPSA) is 39.1 Å². The largest absolute Gasteiger partial charge is 0.364 e. The smallest absolute Gasteiger partial charge is 0.124 e. The standard InChI is InChI=1S/C10H19N3O/c1-10(2,3)12-7-9-11-5-6-13(9)8-14-4/h5-6,12H,7-8H2,1-4H3. The fourth-order valence-electron chi connectivity index (χ4n) is 1.11. The van der Waals surface area contributed by atoms with Crippen molar-refractivity contribution in [1.29, 1.82) is 0 Å². The number of ether oxygens (including phenoxy) is 1. The number of imidazole rings is 1. The normalized spacial score (nSPS) is 12.0. The van der Waals surface area contributed by atoms with Crippen LogP contribution < -0.4 is 5.32 Å². The summed E-state index contributed by atoms with van der Waals surface area (Å²) in [6, 6.07) is 0. The zero-order valence-electron chi connectivity index (χ0n) is 9.37. The van der Waals surface area contributed by atoms with Gasteiger partial charge in [-0.3, -0.25) is 0 Å². The third-order valence-electron chi connectivity index (χ3n) is 1.85. The van der Waals surface area contributed by atoms with Crippen molar-refractivity contribution in [2.75, 3.05) is 7.11 Å². The van der Waals surface area contributed by atoms with E-state index in [0.717, 1.165) is 12.4 Å². The van der Waals surface area contributed by atoms with E-state index in [4.69, 9.17) is 4.74 Å². The Balaban J connectivity index is 2.53. The van der Waals surface area contributed by atoms with Gasteiger partial charge in [-0.2, -0.15) is 0 Å². The van der Waals surface area contributed by atoms with Crippen LogP contribution in [-0.2, 0) is 18.0 Å². The minimum Gasteiger partial charge on any atom is -0.364 e. The molecule has 80 valence electrons. The molecule has 1 N–H and O–H groups in total. The average molecular weight is 197 g/mol. The van der Waals surface area contributed by atoms with Gasteiger partial charge in [0.2, 0.25) is 0 Å². The lowest BCUT2D eigenvalue weighted by Crippen LogP contribution is -2.36. The van der Waals surface area contributed by atoms with Crippen LogP contribution in [0.15, 0.2) is 12.4 Å². The first kappa shape index (κ1) is 11.2. The second kappa shape index (κ2) is 4.57. The van der Waals surface area contributed by atoms with E-state index in [2.05, 4.69) is 31.1 Å². The second-order valence-electron chi connectivity index (χ2n) is 4.33. The Kier molecular flexibility index (Phi) is 3.66. The van der Waals surface area contributed by atoms with E-state index in [9.17, 15) is 0 Å². The molecule has 1 aromatic heterocycles. The number of nitrogens with zero attached hydrogens (tertiary/aromatic N) is 2. The zero-order valence-corrected chi connectivity index (χ0v) is 9.37. The van der Waals surface area contributed by atoms with Crippen molar-refractivity contribution in [3.63, 3.8) is 0 Å². The van der Waals surface area contributed by atoms with Gasteiger partial charge in [0.25, 0.3) is 0 Å². The minimum absolute atomic E-state index is 0.115. The van der Waals surface area contributed by atoms with E-state index >= 15 is 0 Å². The van der Waals surface area contributed by atoms with Crippen molar-refractivity contribution in [3.05, 3.63) is 18.2 Å². The van der Waals surface area contributed by atoms with Crippen LogP contribution in [0.5, 0.6) is 0 Å². The van der Waals surface area contributed by atoms with Gasteiger partial charge in [0.05, 0.1) is 6.54 Å². The van der Waals surface area contributed by atoms with E-state index in [1.165, 1.54) is 0 Å². The van der Waals surface area contributed by atoms with Gasteiger partial charge in [-0.1, -0.05) is 0 Å². The number of methoxy groups -OCH3 is 1. The number of nitrogens with one attached hydrogen (secondary N) is 1. The summed E-state index contributed by atoms with van der Waals surface area (Å²) in [5.41, 5.74) is 0.115. The molecule has 0 radical (unpaired) electrons. The van der Waals surface area contributed by atoms with Gasteiger partial charge >= 0.3 is 0 Å². The SMILES string of the molecule is COCn1ccnc1CNC(C)(C)C. The van der Waals surface area contributed by atoms with Crippen molar-refractivity contribution in [2.45, 2.75) is 39.6 Å². The predicted octanol–water partition coefficient (Wildman–Crippen LogP) is 1.38. The van der Waals surface area contributed by atoms with Crippen molar-refractivity contribution in [2.24, 2.45) is 0 Å². The molecule has 0 fully saturated rings. The fourth-order valence-corrected chi connectivity index (χ4v) is 1.11. The lowest BCUT2D eigenvalue weighted by Gasteiger charge is -2.20. The van der Waals surface area contributed by atoms with E-state index in [-0.39, 0.29) is 5.54 Å². The third kappa shape index (κ3) is 3.47. The molecule has 0 atom stereocenters. The summed E-state index contributed by atoms with van der Waals surface area (Å²) in [6.07, 6.45) is 3.71. The lowest BCUT2D eigenvalue weighted by molar-refractivity contribution is 0.128. The quantitative estimate of drug-likeness (QED) is 0.792. The Morgan fingerprint density at radius 2 is 2.21 bits per heavy atom. The molecular formula is C10H19N3O. The summed E-state index contributed by atoms with van der Waals surface area (Å²) >= 11 is 0. The Labute approximate surface area is 85.3 Å². The fraction of sp³-hybridized carbons (Fsp3) is 0.700. The van der Waals surface area contributed by atoms with Crippen LogP contribution >= 0.6 is 0 Å². The molecule has 0 saturated heterocycles. The van der Waals surface area contributed by atoms with Crippen molar-refractivity contribution >= 4 is 0 Å². The molecule has 0 spiro atoms. The number of hydrogen-bond donors (Lipinski definition) is 1. The summed E-state index contributed by atoms with van der Waals surface area (Å²) in [4.78, 5) is 4.26. The van der Waals surface area contributed by atoms with Crippen LogP contribution in [0.4, 0.5) is 0 Å². The van der Waals surface area contributed by atoms with E-state index in [1.807, 2.05) is 10.8 Å². The first-order chi connectivity index (χ1) is 6.53. The minimum atomic E-state index is 0.115. The highest BCUT2D eigenvalue weighted by atomic mass is 16.5. The zero-order chi connectivity index (χ0) is 10.6. The maximum absolute atomic E-state index is 5.05. The Hall–Kier alpha value is -0.870. The molecule has 0 aliphatic carbocycles. The monoisotopic (exact) mass is 197 g/mol. The van der Waals surface area contributed by atoms with Crippen LogP contribution in [0.1, 0.15) is 26.6 Å². The van der Waals surface area contributed by atoms with Gasteiger partial charge in [-0.25, -0.2) is 4.98 Å². The van der Waals surface area contributed by atoms with E-state index in [0.29, 0.717) is 6.73 Å². The Bertz CT molecular complexity index is 275. The van der Waals surface area contributed by atoms with E-state index < -0.39 is 0 Å².